The summed E-state index contributed by atoms with van der Waals surface area (Å²) in [5, 5.41) is 23.4. The van der Waals surface area contributed by atoms with E-state index in [2.05, 4.69) is 5.10 Å². The predicted octanol–water partition coefficient (Wildman–Crippen LogP) is 1.04. The Bertz CT molecular complexity index is 278. The molecule has 0 spiro atoms. The van der Waals surface area contributed by atoms with Crippen LogP contribution in [0.2, 0.25) is 0 Å². The maximum Gasteiger partial charge on any atom is 0.358 e. The first-order chi connectivity index (χ1) is 6.11. The first-order valence-corrected chi connectivity index (χ1v) is 3.54. The van der Waals surface area contributed by atoms with Crippen LogP contribution in [0.5, 0.6) is 0 Å². The van der Waals surface area contributed by atoms with Gasteiger partial charge in [0.05, 0.1) is 6.07 Å². The van der Waals surface area contributed by atoms with Crippen LogP contribution in [-0.4, -0.2) is 26.2 Å². The molecule has 0 bridgehead atoms. The number of hydrogen-bond donors (Lipinski definition) is 2. The highest BCUT2D eigenvalue weighted by molar-refractivity contribution is 5.85. The summed E-state index contributed by atoms with van der Waals surface area (Å²) in [7, 11) is 0. The highest BCUT2D eigenvalue weighted by Crippen LogP contribution is 2.06. The molecule has 0 atom stereocenters. The lowest BCUT2D eigenvalue weighted by Crippen LogP contribution is -1.95. The van der Waals surface area contributed by atoms with Crippen LogP contribution in [0.4, 0.5) is 5.82 Å². The maximum absolute atomic E-state index is 10.1. The molecule has 1 heterocycles. The van der Waals surface area contributed by atoms with E-state index < -0.39 is 16.7 Å². The quantitative estimate of drug-likeness (QED) is 0.531. The van der Waals surface area contributed by atoms with Crippen LogP contribution in [0.25, 0.3) is 0 Å². The third-order valence-corrected chi connectivity index (χ3v) is 0.980. The Balaban J connectivity index is 0.000000671. The van der Waals surface area contributed by atoms with E-state index in [0.29, 0.717) is 0 Å². The first-order valence-electron chi connectivity index (χ1n) is 3.54. The highest BCUT2D eigenvalue weighted by atomic mass is 16.6. The summed E-state index contributed by atoms with van der Waals surface area (Å²) in [4.78, 5) is 19.4. The fourth-order valence-corrected chi connectivity index (χ4v) is 0.515. The number of hydrogen-bond acceptors (Lipinski definition) is 4. The smallest absolute Gasteiger partial charge is 0.358 e. The lowest BCUT2D eigenvalue weighted by molar-refractivity contribution is -0.389. The van der Waals surface area contributed by atoms with Crippen molar-refractivity contribution in [1.29, 1.82) is 0 Å². The Morgan fingerprint density at radius 1 is 1.69 bits per heavy atom. The van der Waals surface area contributed by atoms with Crippen LogP contribution in [-0.2, 0) is 0 Å². The van der Waals surface area contributed by atoms with Gasteiger partial charge in [0.25, 0.3) is 0 Å². The average Bonchev–Trinajstić information content (AvgIpc) is 2.56. The number of carbonyl (C=O) groups is 1. The molecule has 0 aromatic carbocycles. The number of nitrogens with one attached hydrogen (secondary N) is 1. The molecule has 7 nitrogen and oxygen atoms in total. The second-order valence-electron chi connectivity index (χ2n) is 1.70. The minimum atomic E-state index is -1.30. The largest absolute Gasteiger partial charge is 0.476 e. The second-order valence-corrected chi connectivity index (χ2v) is 1.70. The van der Waals surface area contributed by atoms with Crippen molar-refractivity contribution in [3.05, 3.63) is 21.9 Å². The zero-order valence-electron chi connectivity index (χ0n) is 7.14. The van der Waals surface area contributed by atoms with Crippen LogP contribution in [0.3, 0.4) is 0 Å². The lowest BCUT2D eigenvalue weighted by atomic mass is 10.4. The summed E-state index contributed by atoms with van der Waals surface area (Å²) in [6.45, 7) is 4.00. The molecule has 0 unspecified atom stereocenters. The summed E-state index contributed by atoms with van der Waals surface area (Å²) in [5.41, 5.74) is -0.364. The number of nitro groups is 1. The Morgan fingerprint density at radius 2 is 2.23 bits per heavy atom. The van der Waals surface area contributed by atoms with Crippen molar-refractivity contribution >= 4 is 11.8 Å². The van der Waals surface area contributed by atoms with E-state index in [1.54, 1.807) is 0 Å². The zero-order chi connectivity index (χ0) is 10.4. The van der Waals surface area contributed by atoms with Gasteiger partial charge < -0.3 is 15.2 Å². The number of aromatic nitrogens is 2. The molecule has 0 aliphatic heterocycles. The fourth-order valence-electron chi connectivity index (χ4n) is 0.515. The molecule has 0 aliphatic rings. The van der Waals surface area contributed by atoms with Crippen molar-refractivity contribution in [2.45, 2.75) is 13.8 Å². The lowest BCUT2D eigenvalue weighted by Gasteiger charge is -1.83. The summed E-state index contributed by atoms with van der Waals surface area (Å²) in [6.07, 6.45) is 0. The molecule has 13 heavy (non-hydrogen) atoms. The van der Waals surface area contributed by atoms with Crippen LogP contribution in [0.1, 0.15) is 24.3 Å². The van der Waals surface area contributed by atoms with Gasteiger partial charge in [-0.3, -0.25) is 0 Å². The third-order valence-electron chi connectivity index (χ3n) is 0.980. The topological polar surface area (TPSA) is 109 Å². The molecule has 0 saturated carbocycles. The number of nitrogens with zero attached hydrogens (tertiary/aromatic N) is 2. The van der Waals surface area contributed by atoms with E-state index in [0.717, 1.165) is 6.07 Å². The number of aromatic amines is 1. The van der Waals surface area contributed by atoms with E-state index in [1.807, 2.05) is 18.9 Å². The van der Waals surface area contributed by atoms with Crippen molar-refractivity contribution < 1.29 is 14.8 Å². The van der Waals surface area contributed by atoms with E-state index in [9.17, 15) is 14.9 Å². The second kappa shape index (κ2) is 4.86. The summed E-state index contributed by atoms with van der Waals surface area (Å²) in [6, 6.07) is 0.850. The van der Waals surface area contributed by atoms with Gasteiger partial charge in [-0.25, -0.2) is 4.79 Å². The number of carboxylic acids is 1. The van der Waals surface area contributed by atoms with Crippen LogP contribution >= 0.6 is 0 Å². The summed E-state index contributed by atoms with van der Waals surface area (Å²) < 4.78 is 0. The molecule has 72 valence electrons. The molecule has 7 heteroatoms. The van der Waals surface area contributed by atoms with Gasteiger partial charge in [0.15, 0.2) is 5.69 Å². The molecule has 0 saturated heterocycles. The Morgan fingerprint density at radius 3 is 2.46 bits per heavy atom. The SMILES string of the molecule is CC.O=C(O)c1cc([N+](=O)[O-])[nH]n1. The van der Waals surface area contributed by atoms with Gasteiger partial charge in [-0.1, -0.05) is 18.9 Å². The normalized spacial score (nSPS) is 8.46. The standard InChI is InChI=1S/C4H3N3O4.C2H6/c8-4(9)2-1-3(6-5-2)7(10)11;1-2/h1H,(H,5,6)(H,8,9);1-2H3. The molecule has 0 amide bonds. The fraction of sp³-hybridized carbons (Fsp3) is 0.333. The number of H-pyrrole nitrogens is 1. The van der Waals surface area contributed by atoms with Crippen molar-refractivity contribution in [1.82, 2.24) is 10.2 Å². The van der Waals surface area contributed by atoms with Gasteiger partial charge >= 0.3 is 11.8 Å². The third kappa shape index (κ3) is 2.89. The van der Waals surface area contributed by atoms with Crippen molar-refractivity contribution in [3.63, 3.8) is 0 Å². The van der Waals surface area contributed by atoms with Crippen LogP contribution in [0, 0.1) is 10.1 Å². The molecule has 1 rings (SSSR count). The van der Waals surface area contributed by atoms with Gasteiger partial charge in [-0.15, -0.1) is 5.10 Å². The Kier molecular flexibility index (Phi) is 4.14. The number of carboxylic acid groups (broad SMARTS) is 1. The van der Waals surface area contributed by atoms with Crippen LogP contribution in [0.15, 0.2) is 6.07 Å². The van der Waals surface area contributed by atoms with Gasteiger partial charge in [-0.2, -0.15) is 0 Å². The van der Waals surface area contributed by atoms with Crippen molar-refractivity contribution in [2.75, 3.05) is 0 Å². The monoisotopic (exact) mass is 187 g/mol. The van der Waals surface area contributed by atoms with Gasteiger partial charge in [-0.05, 0) is 4.92 Å². The molecule has 0 fully saturated rings. The van der Waals surface area contributed by atoms with E-state index >= 15 is 0 Å². The number of aromatic carboxylic acids is 1. The van der Waals surface area contributed by atoms with Crippen LogP contribution < -0.4 is 0 Å². The van der Waals surface area contributed by atoms with E-state index in [4.69, 9.17) is 5.11 Å². The zero-order valence-corrected chi connectivity index (χ0v) is 7.14. The molecule has 1 aromatic rings. The first kappa shape index (κ1) is 11.1. The highest BCUT2D eigenvalue weighted by Gasteiger charge is 2.14. The van der Waals surface area contributed by atoms with Crippen molar-refractivity contribution in [3.8, 4) is 0 Å². The Hall–Kier alpha value is -1.92. The molecular weight excluding hydrogens is 178 g/mol. The minimum Gasteiger partial charge on any atom is -0.476 e. The number of rotatable bonds is 2. The Labute approximate surface area is 73.5 Å². The van der Waals surface area contributed by atoms with Gasteiger partial charge in [0.2, 0.25) is 0 Å². The van der Waals surface area contributed by atoms with E-state index in [1.165, 1.54) is 0 Å². The summed E-state index contributed by atoms with van der Waals surface area (Å²) in [5.74, 6) is -1.73. The molecule has 1 aromatic heterocycles. The minimum absolute atomic E-state index is 0.364. The average molecular weight is 187 g/mol. The van der Waals surface area contributed by atoms with E-state index in [-0.39, 0.29) is 5.69 Å². The van der Waals surface area contributed by atoms with Gasteiger partial charge in [0.1, 0.15) is 0 Å². The molecule has 0 radical (unpaired) electrons. The molecule has 0 aliphatic carbocycles. The van der Waals surface area contributed by atoms with Gasteiger partial charge in [0, 0.05) is 0 Å². The molecular formula is C6H9N3O4. The predicted molar refractivity (Wildman–Crippen MR) is 43.5 cm³/mol. The summed E-state index contributed by atoms with van der Waals surface area (Å²) >= 11 is 0. The van der Waals surface area contributed by atoms with Crippen molar-refractivity contribution in [2.24, 2.45) is 0 Å². The maximum atomic E-state index is 10.1. The molecule has 2 N–H and O–H groups in total.